The largest absolute Gasteiger partial charge is 0.481 e. The molecule has 0 aliphatic carbocycles. The number of hydrogen-bond donors (Lipinski definition) is 2. The van der Waals surface area contributed by atoms with Gasteiger partial charge in [-0.05, 0) is 49.7 Å². The molecule has 6 nitrogen and oxygen atoms in total. The summed E-state index contributed by atoms with van der Waals surface area (Å²) >= 11 is 12.5. The Hall–Kier alpha value is -2.28. The molecule has 2 aromatic rings. The summed E-state index contributed by atoms with van der Waals surface area (Å²) in [5.41, 5.74) is 2.25. The van der Waals surface area contributed by atoms with E-state index in [2.05, 4.69) is 24.1 Å². The highest BCUT2D eigenvalue weighted by atomic mass is 35.5. The first-order chi connectivity index (χ1) is 15.3. The fourth-order valence-electron chi connectivity index (χ4n) is 3.01. The Morgan fingerprint density at radius 3 is 2.09 bits per heavy atom. The van der Waals surface area contributed by atoms with Crippen molar-refractivity contribution in [2.24, 2.45) is 0 Å². The maximum absolute atomic E-state index is 12.3. The molecule has 0 heterocycles. The van der Waals surface area contributed by atoms with Gasteiger partial charge < -0.3 is 15.2 Å². The molecular weight excluding hydrogens is 451 g/mol. The summed E-state index contributed by atoms with van der Waals surface area (Å²) in [5, 5.41) is 11.7. The lowest BCUT2D eigenvalue weighted by Gasteiger charge is -2.20. The van der Waals surface area contributed by atoms with Crippen LogP contribution in [0.4, 0.5) is 11.4 Å². The smallest absolute Gasteiger partial charge is 0.310 e. The lowest BCUT2D eigenvalue weighted by molar-refractivity contribution is -0.143. The van der Waals surface area contributed by atoms with Crippen molar-refractivity contribution in [3.63, 3.8) is 0 Å². The monoisotopic (exact) mass is 482 g/mol. The molecule has 8 heteroatoms. The first-order valence-electron chi connectivity index (χ1n) is 10.6. The molecule has 0 radical (unpaired) electrons. The first kappa shape index (κ1) is 27.8. The Labute approximate surface area is 200 Å². The van der Waals surface area contributed by atoms with E-state index in [9.17, 15) is 4.79 Å². The van der Waals surface area contributed by atoms with Crippen molar-refractivity contribution in [3.05, 3.63) is 58.1 Å². The van der Waals surface area contributed by atoms with Crippen LogP contribution in [0.3, 0.4) is 0 Å². The molecule has 0 saturated carbocycles. The van der Waals surface area contributed by atoms with E-state index >= 15 is 0 Å². The molecule has 2 N–H and O–H groups in total. The van der Waals surface area contributed by atoms with Gasteiger partial charge in [0.2, 0.25) is 0 Å². The van der Waals surface area contributed by atoms with Crippen LogP contribution < -0.4 is 5.32 Å². The number of rotatable bonds is 11. The number of halogens is 2. The predicted molar refractivity (Wildman–Crippen MR) is 131 cm³/mol. The maximum atomic E-state index is 12.3. The third-order valence-electron chi connectivity index (χ3n) is 4.32. The van der Waals surface area contributed by atoms with E-state index in [0.29, 0.717) is 22.3 Å². The molecule has 0 bridgehead atoms. The van der Waals surface area contributed by atoms with Gasteiger partial charge in [-0.15, -0.1) is 0 Å². The predicted octanol–water partition coefficient (Wildman–Crippen LogP) is 6.04. The minimum absolute atomic E-state index is 0.187. The molecule has 0 aliphatic heterocycles. The van der Waals surface area contributed by atoms with Crippen LogP contribution in [-0.2, 0) is 20.7 Å². The van der Waals surface area contributed by atoms with Crippen molar-refractivity contribution in [1.29, 1.82) is 0 Å². The molecule has 2 rings (SSSR count). The summed E-state index contributed by atoms with van der Waals surface area (Å²) in [7, 11) is 0. The summed E-state index contributed by atoms with van der Waals surface area (Å²) in [6, 6.07) is 12.9. The molecule has 0 fully saturated rings. The Morgan fingerprint density at radius 1 is 0.969 bits per heavy atom. The number of anilines is 2. The van der Waals surface area contributed by atoms with Gasteiger partial charge >= 0.3 is 5.97 Å². The number of carbonyl (C=O) groups is 2. The number of benzene rings is 2. The van der Waals surface area contributed by atoms with Crippen LogP contribution in [-0.4, -0.2) is 48.2 Å². The van der Waals surface area contributed by atoms with Gasteiger partial charge in [0.25, 0.3) is 5.97 Å². The molecule has 32 heavy (non-hydrogen) atoms. The van der Waals surface area contributed by atoms with Crippen LogP contribution in [0.1, 0.15) is 39.2 Å². The van der Waals surface area contributed by atoms with Crippen molar-refractivity contribution < 1.29 is 19.4 Å². The zero-order chi connectivity index (χ0) is 23.9. The second-order valence-corrected chi connectivity index (χ2v) is 7.95. The van der Waals surface area contributed by atoms with E-state index in [1.807, 2.05) is 24.3 Å². The van der Waals surface area contributed by atoms with Crippen molar-refractivity contribution in [2.45, 2.75) is 40.0 Å². The molecule has 0 amide bonds. The molecule has 0 saturated heterocycles. The number of nitrogens with one attached hydrogen (secondary N) is 1. The number of carboxylic acid groups (broad SMARTS) is 1. The van der Waals surface area contributed by atoms with Crippen molar-refractivity contribution in [3.8, 4) is 0 Å². The topological polar surface area (TPSA) is 78.9 Å². The van der Waals surface area contributed by atoms with Crippen molar-refractivity contribution in [1.82, 2.24) is 4.90 Å². The normalized spacial score (nSPS) is 10.3. The van der Waals surface area contributed by atoms with E-state index in [0.717, 1.165) is 50.7 Å². The number of ether oxygens (including phenoxy) is 1. The van der Waals surface area contributed by atoms with Gasteiger partial charge in [0, 0.05) is 19.2 Å². The van der Waals surface area contributed by atoms with Gasteiger partial charge in [-0.1, -0.05) is 61.3 Å². The van der Waals surface area contributed by atoms with E-state index in [-0.39, 0.29) is 12.4 Å². The van der Waals surface area contributed by atoms with Gasteiger partial charge in [0.1, 0.15) is 6.61 Å². The highest BCUT2D eigenvalue weighted by molar-refractivity contribution is 6.39. The minimum Gasteiger partial charge on any atom is -0.481 e. The average molecular weight is 483 g/mol. The zero-order valence-corrected chi connectivity index (χ0v) is 20.4. The van der Waals surface area contributed by atoms with Gasteiger partial charge in [-0.3, -0.25) is 14.5 Å². The van der Waals surface area contributed by atoms with Crippen molar-refractivity contribution >= 4 is 46.5 Å². The van der Waals surface area contributed by atoms with Gasteiger partial charge in [0.15, 0.2) is 0 Å². The SMILES string of the molecule is CC(=O)O.CCCN(CCC)CCOC(=O)Cc1ccccc1Nc1c(Cl)cccc1Cl. The lowest BCUT2D eigenvalue weighted by atomic mass is 10.1. The third-order valence-corrected chi connectivity index (χ3v) is 4.95. The van der Waals surface area contributed by atoms with E-state index in [4.69, 9.17) is 37.8 Å². The summed E-state index contributed by atoms with van der Waals surface area (Å²) in [6.07, 6.45) is 2.38. The van der Waals surface area contributed by atoms with E-state index < -0.39 is 5.97 Å². The second-order valence-electron chi connectivity index (χ2n) is 7.14. The summed E-state index contributed by atoms with van der Waals surface area (Å²) in [5.74, 6) is -1.08. The van der Waals surface area contributed by atoms with Crippen LogP contribution in [0.15, 0.2) is 42.5 Å². The fraction of sp³-hybridized carbons (Fsp3) is 0.417. The number of carboxylic acids is 1. The van der Waals surface area contributed by atoms with E-state index in [1.54, 1.807) is 18.2 Å². The molecule has 0 unspecified atom stereocenters. The molecule has 0 aliphatic rings. The molecule has 176 valence electrons. The number of esters is 1. The van der Waals surface area contributed by atoms with Crippen LogP contribution in [0.25, 0.3) is 0 Å². The first-order valence-corrected chi connectivity index (χ1v) is 11.4. The number of para-hydroxylation sites is 2. The van der Waals surface area contributed by atoms with Crippen LogP contribution in [0.2, 0.25) is 10.0 Å². The van der Waals surface area contributed by atoms with Gasteiger partial charge in [0.05, 0.1) is 22.2 Å². The summed E-state index contributed by atoms with van der Waals surface area (Å²) in [4.78, 5) is 23.6. The summed E-state index contributed by atoms with van der Waals surface area (Å²) in [6.45, 7) is 8.62. The van der Waals surface area contributed by atoms with E-state index in [1.165, 1.54) is 0 Å². The minimum atomic E-state index is -0.833. The van der Waals surface area contributed by atoms with Crippen LogP contribution in [0.5, 0.6) is 0 Å². The number of nitrogens with zero attached hydrogens (tertiary/aromatic N) is 1. The third kappa shape index (κ3) is 10.8. The Morgan fingerprint density at radius 2 is 1.53 bits per heavy atom. The molecular formula is C24H32Cl2N2O4. The highest BCUT2D eigenvalue weighted by Crippen LogP contribution is 2.33. The molecule has 2 aromatic carbocycles. The summed E-state index contributed by atoms with van der Waals surface area (Å²) < 4.78 is 5.46. The average Bonchev–Trinajstić information content (AvgIpc) is 2.72. The second kappa shape index (κ2) is 15.5. The Kier molecular flexibility index (Phi) is 13.5. The molecule has 0 atom stereocenters. The zero-order valence-electron chi connectivity index (χ0n) is 18.9. The number of carbonyl (C=O) groups excluding carboxylic acids is 1. The fourth-order valence-corrected chi connectivity index (χ4v) is 3.50. The lowest BCUT2D eigenvalue weighted by Crippen LogP contribution is -2.30. The van der Waals surface area contributed by atoms with Gasteiger partial charge in [-0.2, -0.15) is 0 Å². The van der Waals surface area contributed by atoms with Crippen molar-refractivity contribution in [2.75, 3.05) is 31.6 Å². The quantitative estimate of drug-likeness (QED) is 0.380. The number of hydrogen-bond acceptors (Lipinski definition) is 5. The van der Waals surface area contributed by atoms with Crippen LogP contribution in [0, 0.1) is 0 Å². The Balaban J connectivity index is 0.00000118. The highest BCUT2D eigenvalue weighted by Gasteiger charge is 2.12. The molecule has 0 aromatic heterocycles. The standard InChI is InChI=1S/C22H28Cl2N2O2.C2H4O2/c1-3-12-26(13-4-2)14-15-28-21(27)16-17-8-5-6-11-20(17)25-22-18(23)9-7-10-19(22)24;1-2(3)4/h5-11,25H,3-4,12-16H2,1-2H3;1H3,(H,3,4). The number of aliphatic carboxylic acids is 1. The van der Waals surface area contributed by atoms with Crippen LogP contribution >= 0.6 is 23.2 Å². The molecule has 0 spiro atoms. The Bertz CT molecular complexity index is 831. The maximum Gasteiger partial charge on any atom is 0.310 e. The van der Waals surface area contributed by atoms with Gasteiger partial charge in [-0.25, -0.2) is 0 Å².